The van der Waals surface area contributed by atoms with Gasteiger partial charge >= 0.3 is 0 Å². The van der Waals surface area contributed by atoms with Gasteiger partial charge in [-0.25, -0.2) is 15.0 Å². The molecule has 0 aliphatic carbocycles. The predicted molar refractivity (Wildman–Crippen MR) is 237 cm³/mol. The highest BCUT2D eigenvalue weighted by molar-refractivity contribution is 6.22. The van der Waals surface area contributed by atoms with E-state index in [4.69, 9.17) is 23.8 Å². The van der Waals surface area contributed by atoms with Crippen LogP contribution in [0.1, 0.15) is 0 Å². The second kappa shape index (κ2) is 12.8. The highest BCUT2D eigenvalue weighted by Crippen LogP contribution is 2.43. The van der Waals surface area contributed by atoms with Crippen molar-refractivity contribution in [1.29, 1.82) is 0 Å². The Kier molecular flexibility index (Phi) is 7.16. The Hall–Kier alpha value is -7.89. The first kappa shape index (κ1) is 32.4. The van der Waals surface area contributed by atoms with Crippen molar-refractivity contribution in [2.24, 2.45) is 0 Å². The lowest BCUT2D eigenvalue weighted by Gasteiger charge is -2.14. The van der Waals surface area contributed by atoms with Crippen LogP contribution in [0.15, 0.2) is 197 Å². The fourth-order valence-electron chi connectivity index (χ4n) is 8.62. The first-order valence-electron chi connectivity index (χ1n) is 19.4. The van der Waals surface area contributed by atoms with Crippen LogP contribution < -0.4 is 0 Å². The van der Waals surface area contributed by atoms with E-state index < -0.39 is 0 Å². The average molecular weight is 742 g/mol. The molecule has 12 aromatic rings. The van der Waals surface area contributed by atoms with Crippen molar-refractivity contribution < 1.29 is 8.83 Å². The molecule has 4 aromatic heterocycles. The summed E-state index contributed by atoms with van der Waals surface area (Å²) >= 11 is 0. The molecule has 0 aliphatic heterocycles. The Morgan fingerprint density at radius 2 is 0.914 bits per heavy atom. The highest BCUT2D eigenvalue weighted by Gasteiger charge is 2.21. The van der Waals surface area contributed by atoms with Crippen LogP contribution in [0.3, 0.4) is 0 Å². The third-order valence-electron chi connectivity index (χ3n) is 11.3. The van der Waals surface area contributed by atoms with E-state index in [2.05, 4.69) is 133 Å². The Morgan fingerprint density at radius 3 is 1.76 bits per heavy atom. The molecule has 0 atom stereocenters. The van der Waals surface area contributed by atoms with Crippen molar-refractivity contribution in [3.63, 3.8) is 0 Å². The minimum Gasteiger partial charge on any atom is -0.455 e. The predicted octanol–water partition coefficient (Wildman–Crippen LogP) is 14.3. The van der Waals surface area contributed by atoms with Crippen molar-refractivity contribution in [1.82, 2.24) is 15.0 Å². The molecule has 270 valence electrons. The molecule has 0 amide bonds. The van der Waals surface area contributed by atoms with Crippen molar-refractivity contribution in [3.8, 4) is 56.3 Å². The molecule has 0 fully saturated rings. The number of furan rings is 2. The van der Waals surface area contributed by atoms with Gasteiger partial charge in [0.25, 0.3) is 0 Å². The van der Waals surface area contributed by atoms with Crippen molar-refractivity contribution in [2.45, 2.75) is 0 Å². The first-order valence-corrected chi connectivity index (χ1v) is 19.4. The van der Waals surface area contributed by atoms with Gasteiger partial charge in [-0.1, -0.05) is 152 Å². The molecular weight excluding hydrogens is 711 g/mol. The molecule has 5 nitrogen and oxygen atoms in total. The van der Waals surface area contributed by atoms with Gasteiger partial charge in [0, 0.05) is 49.2 Å². The minimum absolute atomic E-state index is 0.639. The minimum atomic E-state index is 0.639. The quantitative estimate of drug-likeness (QED) is 0.176. The van der Waals surface area contributed by atoms with E-state index in [1.54, 1.807) is 0 Å². The van der Waals surface area contributed by atoms with Crippen LogP contribution in [0, 0.1) is 0 Å². The molecule has 0 radical (unpaired) electrons. The highest BCUT2D eigenvalue weighted by atomic mass is 16.3. The number of benzene rings is 8. The summed E-state index contributed by atoms with van der Waals surface area (Å²) in [4.78, 5) is 15.7. The SMILES string of the molecule is c1ccc(-c2cc(-c3cccc4c3oc3ccccc34)nc(-c3cccc(-c4ccc(-c5nc6ccccc6c6c5oc5ccccc56)c5ccccc45)c3)n2)cc1. The molecular formula is C53H31N3O2. The van der Waals surface area contributed by atoms with E-state index >= 15 is 0 Å². The second-order valence-corrected chi connectivity index (χ2v) is 14.7. The standard InChI is InChI=1S/C53H31N3O2/c1-2-14-32(15-3-1)45-31-46(42-24-13-23-40-38-20-7-10-26-47(38)57-51(40)42)56-53(55-45)34-17-12-16-33(30-34)35-28-29-39(37-19-5-4-18-36(35)37)50-52-49(41-21-6-9-25-44(41)54-50)43-22-8-11-27-48(43)58-52/h1-31H. The summed E-state index contributed by atoms with van der Waals surface area (Å²) in [7, 11) is 0. The molecule has 8 aromatic carbocycles. The van der Waals surface area contributed by atoms with E-state index in [-0.39, 0.29) is 0 Å². The number of rotatable bonds is 5. The molecule has 0 unspecified atom stereocenters. The van der Waals surface area contributed by atoms with Gasteiger partial charge in [0.15, 0.2) is 11.4 Å². The van der Waals surface area contributed by atoms with Crippen LogP contribution in [0.4, 0.5) is 0 Å². The Bertz CT molecular complexity index is 3580. The van der Waals surface area contributed by atoms with Gasteiger partial charge in [-0.05, 0) is 58.3 Å². The number of pyridine rings is 1. The zero-order valence-corrected chi connectivity index (χ0v) is 31.1. The van der Waals surface area contributed by atoms with Crippen LogP contribution in [-0.4, -0.2) is 15.0 Å². The summed E-state index contributed by atoms with van der Waals surface area (Å²) < 4.78 is 13.1. The lowest BCUT2D eigenvalue weighted by atomic mass is 9.92. The number of nitrogens with zero attached hydrogens (tertiary/aromatic N) is 3. The van der Waals surface area contributed by atoms with Gasteiger partial charge in [0.1, 0.15) is 22.4 Å². The monoisotopic (exact) mass is 741 g/mol. The fraction of sp³-hybridized carbons (Fsp3) is 0. The summed E-state index contributed by atoms with van der Waals surface area (Å²) in [6.07, 6.45) is 0. The van der Waals surface area contributed by atoms with Crippen LogP contribution in [0.25, 0.3) is 122 Å². The van der Waals surface area contributed by atoms with Crippen molar-refractivity contribution in [3.05, 3.63) is 188 Å². The van der Waals surface area contributed by atoms with Gasteiger partial charge in [-0.3, -0.25) is 0 Å². The van der Waals surface area contributed by atoms with E-state index in [0.717, 1.165) is 116 Å². The lowest BCUT2D eigenvalue weighted by molar-refractivity contribution is 0.668. The Morgan fingerprint density at radius 1 is 0.328 bits per heavy atom. The zero-order valence-electron chi connectivity index (χ0n) is 31.1. The second-order valence-electron chi connectivity index (χ2n) is 14.7. The molecule has 5 heteroatoms. The molecule has 0 saturated heterocycles. The largest absolute Gasteiger partial charge is 0.455 e. The maximum absolute atomic E-state index is 6.61. The fourth-order valence-corrected chi connectivity index (χ4v) is 8.62. The van der Waals surface area contributed by atoms with E-state index in [9.17, 15) is 0 Å². The number of hydrogen-bond donors (Lipinski definition) is 0. The third kappa shape index (κ3) is 5.07. The van der Waals surface area contributed by atoms with Crippen molar-refractivity contribution in [2.75, 3.05) is 0 Å². The van der Waals surface area contributed by atoms with Crippen LogP contribution in [0.5, 0.6) is 0 Å². The molecule has 12 rings (SSSR count). The topological polar surface area (TPSA) is 65.0 Å². The summed E-state index contributed by atoms with van der Waals surface area (Å²) in [6, 6.07) is 64.8. The molecule has 58 heavy (non-hydrogen) atoms. The number of para-hydroxylation sites is 4. The number of fused-ring (bicyclic) bond motifs is 9. The number of aromatic nitrogens is 3. The van der Waals surface area contributed by atoms with Gasteiger partial charge in [0.2, 0.25) is 0 Å². The van der Waals surface area contributed by atoms with Gasteiger partial charge in [-0.15, -0.1) is 0 Å². The van der Waals surface area contributed by atoms with Crippen LogP contribution in [0.2, 0.25) is 0 Å². The maximum atomic E-state index is 6.61. The Balaban J connectivity index is 1.03. The molecule has 0 aliphatic rings. The lowest BCUT2D eigenvalue weighted by Crippen LogP contribution is -1.96. The summed E-state index contributed by atoms with van der Waals surface area (Å²) in [5.41, 5.74) is 12.8. The maximum Gasteiger partial charge on any atom is 0.162 e. The van der Waals surface area contributed by atoms with Crippen LogP contribution in [-0.2, 0) is 0 Å². The summed E-state index contributed by atoms with van der Waals surface area (Å²) in [5, 5.41) is 7.62. The average Bonchev–Trinajstić information content (AvgIpc) is 3.88. The van der Waals surface area contributed by atoms with Gasteiger partial charge in [-0.2, -0.15) is 0 Å². The van der Waals surface area contributed by atoms with E-state index in [1.807, 2.05) is 54.6 Å². The van der Waals surface area contributed by atoms with Gasteiger partial charge in [0.05, 0.1) is 16.9 Å². The van der Waals surface area contributed by atoms with Gasteiger partial charge < -0.3 is 8.83 Å². The zero-order chi connectivity index (χ0) is 38.2. The van der Waals surface area contributed by atoms with Crippen LogP contribution >= 0.6 is 0 Å². The molecule has 4 heterocycles. The van der Waals surface area contributed by atoms with Crippen molar-refractivity contribution >= 4 is 65.6 Å². The summed E-state index contributed by atoms with van der Waals surface area (Å²) in [5.74, 6) is 0.639. The van der Waals surface area contributed by atoms with E-state index in [1.165, 1.54) is 0 Å². The summed E-state index contributed by atoms with van der Waals surface area (Å²) in [6.45, 7) is 0. The first-order chi connectivity index (χ1) is 28.7. The molecule has 0 N–H and O–H groups in total. The Labute approximate surface area is 332 Å². The molecule has 0 bridgehead atoms. The smallest absolute Gasteiger partial charge is 0.162 e. The normalized spacial score (nSPS) is 11.8. The molecule has 0 spiro atoms. The van der Waals surface area contributed by atoms with E-state index in [0.29, 0.717) is 5.82 Å². The third-order valence-corrected chi connectivity index (χ3v) is 11.3. The molecule has 0 saturated carbocycles. The number of hydrogen-bond acceptors (Lipinski definition) is 5.